The summed E-state index contributed by atoms with van der Waals surface area (Å²) < 4.78 is 5.46. The summed E-state index contributed by atoms with van der Waals surface area (Å²) in [5, 5.41) is 3.92. The van der Waals surface area contributed by atoms with E-state index >= 15 is 0 Å². The number of piperazine rings is 1. The molecule has 0 radical (unpaired) electrons. The number of ether oxygens (including phenoxy) is 1. The number of carbonyl (C=O) groups excluding carboxylic acids is 1. The first-order chi connectivity index (χ1) is 10.1. The topological polar surface area (TPSA) is 44.8 Å². The highest BCUT2D eigenvalue weighted by atomic mass is 35.5. The number of amides is 1. The first-order valence-electron chi connectivity index (χ1n) is 7.20. The lowest BCUT2D eigenvalue weighted by molar-refractivity contribution is -0.132. The summed E-state index contributed by atoms with van der Waals surface area (Å²) in [5.41, 5.74) is 0. The first kappa shape index (κ1) is 16.1. The number of benzene rings is 1. The number of nitrogens with zero attached hydrogens (tertiary/aromatic N) is 2. The molecule has 2 rings (SSSR count). The average Bonchev–Trinajstić information content (AvgIpc) is 2.51. The van der Waals surface area contributed by atoms with Crippen molar-refractivity contribution in [3.8, 4) is 5.75 Å². The molecule has 1 saturated heterocycles. The van der Waals surface area contributed by atoms with Gasteiger partial charge in [-0.25, -0.2) is 0 Å². The molecule has 0 bridgehead atoms. The van der Waals surface area contributed by atoms with Gasteiger partial charge in [0, 0.05) is 51.3 Å². The summed E-state index contributed by atoms with van der Waals surface area (Å²) >= 11 is 5.87. The van der Waals surface area contributed by atoms with Crippen LogP contribution in [-0.2, 0) is 4.79 Å². The molecule has 116 valence electrons. The second-order valence-corrected chi connectivity index (χ2v) is 5.59. The largest absolute Gasteiger partial charge is 0.484 e. The van der Waals surface area contributed by atoms with E-state index in [2.05, 4.69) is 10.2 Å². The molecule has 1 N–H and O–H groups in total. The number of rotatable bonds is 6. The Bertz CT molecular complexity index is 464. The smallest absolute Gasteiger partial charge is 0.260 e. The predicted octanol–water partition coefficient (Wildman–Crippen LogP) is 1.08. The zero-order valence-corrected chi connectivity index (χ0v) is 13.1. The zero-order chi connectivity index (χ0) is 15.1. The number of halogens is 1. The first-order valence-corrected chi connectivity index (χ1v) is 7.58. The monoisotopic (exact) mass is 311 g/mol. The summed E-state index contributed by atoms with van der Waals surface area (Å²) in [7, 11) is 1.81. The van der Waals surface area contributed by atoms with Gasteiger partial charge in [0.05, 0.1) is 0 Å². The second-order valence-electron chi connectivity index (χ2n) is 5.15. The van der Waals surface area contributed by atoms with Gasteiger partial charge in [-0.1, -0.05) is 17.7 Å². The van der Waals surface area contributed by atoms with E-state index < -0.39 is 0 Å². The van der Waals surface area contributed by atoms with Crippen molar-refractivity contribution in [2.45, 2.75) is 0 Å². The third-order valence-corrected chi connectivity index (χ3v) is 3.78. The van der Waals surface area contributed by atoms with E-state index in [0.717, 1.165) is 39.3 Å². The van der Waals surface area contributed by atoms with Crippen LogP contribution in [0.25, 0.3) is 0 Å². The predicted molar refractivity (Wildman–Crippen MR) is 83.9 cm³/mol. The fourth-order valence-corrected chi connectivity index (χ4v) is 2.34. The van der Waals surface area contributed by atoms with E-state index in [9.17, 15) is 4.79 Å². The van der Waals surface area contributed by atoms with Crippen LogP contribution in [0.5, 0.6) is 5.75 Å². The van der Waals surface area contributed by atoms with Crippen LogP contribution in [0.15, 0.2) is 24.3 Å². The van der Waals surface area contributed by atoms with Gasteiger partial charge < -0.3 is 15.0 Å². The van der Waals surface area contributed by atoms with Crippen molar-refractivity contribution in [2.75, 3.05) is 52.9 Å². The lowest BCUT2D eigenvalue weighted by atomic mass is 10.3. The maximum Gasteiger partial charge on any atom is 0.260 e. The molecule has 1 aliphatic heterocycles. The van der Waals surface area contributed by atoms with E-state index in [1.165, 1.54) is 0 Å². The highest BCUT2D eigenvalue weighted by Crippen LogP contribution is 2.16. The summed E-state index contributed by atoms with van der Waals surface area (Å²) in [5.74, 6) is 0.594. The van der Waals surface area contributed by atoms with Crippen molar-refractivity contribution in [3.63, 3.8) is 0 Å². The quantitative estimate of drug-likeness (QED) is 0.854. The Morgan fingerprint density at radius 2 is 2.19 bits per heavy atom. The molecule has 1 heterocycles. The van der Waals surface area contributed by atoms with Crippen LogP contribution < -0.4 is 10.1 Å². The molecule has 21 heavy (non-hydrogen) atoms. The molecular weight excluding hydrogens is 290 g/mol. The molecule has 5 nitrogen and oxygen atoms in total. The highest BCUT2D eigenvalue weighted by molar-refractivity contribution is 6.30. The van der Waals surface area contributed by atoms with Gasteiger partial charge in [0.25, 0.3) is 5.91 Å². The third-order valence-electron chi connectivity index (χ3n) is 3.55. The molecule has 1 aromatic rings. The zero-order valence-electron chi connectivity index (χ0n) is 12.3. The molecule has 1 aromatic carbocycles. The molecule has 6 heteroatoms. The fourth-order valence-electron chi connectivity index (χ4n) is 2.16. The van der Waals surface area contributed by atoms with Crippen molar-refractivity contribution < 1.29 is 9.53 Å². The minimum absolute atomic E-state index is 0.0230. The van der Waals surface area contributed by atoms with Gasteiger partial charge in [-0.2, -0.15) is 0 Å². The van der Waals surface area contributed by atoms with Crippen LogP contribution in [0.2, 0.25) is 5.02 Å². The minimum atomic E-state index is -0.0230. The van der Waals surface area contributed by atoms with Gasteiger partial charge in [-0.05, 0) is 18.2 Å². The van der Waals surface area contributed by atoms with Crippen molar-refractivity contribution in [1.82, 2.24) is 15.1 Å². The highest BCUT2D eigenvalue weighted by Gasteiger charge is 2.13. The Balaban J connectivity index is 1.69. The maximum absolute atomic E-state index is 12.0. The Labute approximate surface area is 130 Å². The summed E-state index contributed by atoms with van der Waals surface area (Å²) in [6, 6.07) is 7.07. The van der Waals surface area contributed by atoms with E-state index in [1.807, 2.05) is 7.05 Å². The van der Waals surface area contributed by atoms with Crippen LogP contribution in [0.1, 0.15) is 0 Å². The van der Waals surface area contributed by atoms with Crippen LogP contribution in [0, 0.1) is 0 Å². The molecule has 0 saturated carbocycles. The summed E-state index contributed by atoms with van der Waals surface area (Å²) in [4.78, 5) is 16.1. The van der Waals surface area contributed by atoms with Crippen LogP contribution in [0.4, 0.5) is 0 Å². The van der Waals surface area contributed by atoms with Crippen LogP contribution >= 0.6 is 11.6 Å². The summed E-state index contributed by atoms with van der Waals surface area (Å²) in [6.07, 6.45) is 0. The Kier molecular flexibility index (Phi) is 6.29. The molecule has 0 aliphatic carbocycles. The van der Waals surface area contributed by atoms with E-state index in [4.69, 9.17) is 16.3 Å². The SMILES string of the molecule is CN(CCN1CCNCC1)C(=O)COc1cccc(Cl)c1. The Morgan fingerprint density at radius 1 is 1.43 bits per heavy atom. The lowest BCUT2D eigenvalue weighted by Gasteiger charge is -2.29. The lowest BCUT2D eigenvalue weighted by Crippen LogP contribution is -2.46. The maximum atomic E-state index is 12.0. The molecule has 1 fully saturated rings. The Hall–Kier alpha value is -1.30. The van der Waals surface area contributed by atoms with E-state index in [1.54, 1.807) is 29.2 Å². The number of likely N-dealkylation sites (N-methyl/N-ethyl adjacent to an activating group) is 1. The van der Waals surface area contributed by atoms with Gasteiger partial charge in [-0.3, -0.25) is 9.69 Å². The van der Waals surface area contributed by atoms with Crippen molar-refractivity contribution in [3.05, 3.63) is 29.3 Å². The summed E-state index contributed by atoms with van der Waals surface area (Å²) in [6.45, 7) is 5.80. The van der Waals surface area contributed by atoms with Gasteiger partial charge >= 0.3 is 0 Å². The number of carbonyl (C=O) groups is 1. The normalized spacial score (nSPS) is 15.7. The van der Waals surface area contributed by atoms with Gasteiger partial charge in [-0.15, -0.1) is 0 Å². The standard InChI is InChI=1S/C15H22ClN3O2/c1-18(9-10-19-7-5-17-6-8-19)15(20)12-21-14-4-2-3-13(16)11-14/h2-4,11,17H,5-10,12H2,1H3. The molecule has 0 atom stereocenters. The number of hydrogen-bond acceptors (Lipinski definition) is 4. The fraction of sp³-hybridized carbons (Fsp3) is 0.533. The van der Waals surface area contributed by atoms with Gasteiger partial charge in [0.15, 0.2) is 6.61 Å². The molecule has 0 spiro atoms. The van der Waals surface area contributed by atoms with Crippen molar-refractivity contribution in [2.24, 2.45) is 0 Å². The van der Waals surface area contributed by atoms with Crippen LogP contribution in [-0.4, -0.2) is 68.6 Å². The molecule has 1 aliphatic rings. The number of hydrogen-bond donors (Lipinski definition) is 1. The minimum Gasteiger partial charge on any atom is -0.484 e. The van der Waals surface area contributed by atoms with Crippen LogP contribution in [0.3, 0.4) is 0 Å². The van der Waals surface area contributed by atoms with Crippen molar-refractivity contribution >= 4 is 17.5 Å². The number of nitrogens with one attached hydrogen (secondary N) is 1. The van der Waals surface area contributed by atoms with Gasteiger partial charge in [0.2, 0.25) is 0 Å². The molecule has 1 amide bonds. The molecule has 0 unspecified atom stereocenters. The van der Waals surface area contributed by atoms with E-state index in [0.29, 0.717) is 10.8 Å². The van der Waals surface area contributed by atoms with Crippen molar-refractivity contribution in [1.29, 1.82) is 0 Å². The van der Waals surface area contributed by atoms with Gasteiger partial charge in [0.1, 0.15) is 5.75 Å². The Morgan fingerprint density at radius 3 is 2.90 bits per heavy atom. The average molecular weight is 312 g/mol. The molecule has 0 aromatic heterocycles. The third kappa shape index (κ3) is 5.53. The second kappa shape index (κ2) is 8.22. The molecular formula is C15H22ClN3O2. The van der Waals surface area contributed by atoms with E-state index in [-0.39, 0.29) is 12.5 Å².